The summed E-state index contributed by atoms with van der Waals surface area (Å²) in [7, 11) is 4.93. The molecule has 0 unspecified atom stereocenters. The molecular formula is C19H20ClN3O3. The van der Waals surface area contributed by atoms with Crippen molar-refractivity contribution in [1.29, 1.82) is 0 Å². The number of benzene rings is 2. The first-order chi connectivity index (χ1) is 12.2. The Morgan fingerprint density at radius 2 is 1.69 bits per heavy atom. The second kappa shape index (κ2) is 7.25. The van der Waals surface area contributed by atoms with Crippen molar-refractivity contribution in [2.45, 2.75) is 6.42 Å². The van der Waals surface area contributed by atoms with Crippen molar-refractivity contribution in [1.82, 2.24) is 9.97 Å². The van der Waals surface area contributed by atoms with Crippen LogP contribution in [0.1, 0.15) is 5.56 Å². The van der Waals surface area contributed by atoms with Crippen LogP contribution in [-0.2, 0) is 6.42 Å². The Kier molecular flexibility index (Phi) is 5.04. The number of rotatable bonds is 4. The van der Waals surface area contributed by atoms with Gasteiger partial charge in [0.05, 0.1) is 26.8 Å². The number of nitrogens with zero attached hydrogens (tertiary/aromatic N) is 3. The summed E-state index contributed by atoms with van der Waals surface area (Å²) in [6.07, 6.45) is 2.56. The number of ether oxygens (including phenoxy) is 3. The summed E-state index contributed by atoms with van der Waals surface area (Å²) < 4.78 is 16.2. The van der Waals surface area contributed by atoms with E-state index in [1.54, 1.807) is 27.7 Å². The second-order valence-corrected chi connectivity index (χ2v) is 5.82. The first kappa shape index (κ1) is 18.1. The molecule has 1 aliphatic heterocycles. The summed E-state index contributed by atoms with van der Waals surface area (Å²) in [5.41, 5.74) is 3.22. The maximum atomic E-state index is 5.45. The van der Waals surface area contributed by atoms with E-state index >= 15 is 0 Å². The van der Waals surface area contributed by atoms with E-state index in [2.05, 4.69) is 27.0 Å². The molecule has 1 aliphatic rings. The lowest BCUT2D eigenvalue weighted by molar-refractivity contribution is 0.356. The van der Waals surface area contributed by atoms with Gasteiger partial charge in [-0.25, -0.2) is 9.97 Å². The van der Waals surface area contributed by atoms with Gasteiger partial charge >= 0.3 is 0 Å². The summed E-state index contributed by atoms with van der Waals surface area (Å²) in [6.45, 7) is 0.864. The summed E-state index contributed by atoms with van der Waals surface area (Å²) in [6, 6.07) is 9.97. The first-order valence-electron chi connectivity index (χ1n) is 8.06. The van der Waals surface area contributed by atoms with Gasteiger partial charge < -0.3 is 19.1 Å². The molecule has 26 heavy (non-hydrogen) atoms. The highest BCUT2D eigenvalue weighted by atomic mass is 35.5. The number of hydrogen-bond acceptors (Lipinski definition) is 6. The molecule has 7 heteroatoms. The quantitative estimate of drug-likeness (QED) is 0.693. The zero-order valence-corrected chi connectivity index (χ0v) is 15.7. The van der Waals surface area contributed by atoms with Crippen LogP contribution >= 0.6 is 12.4 Å². The lowest BCUT2D eigenvalue weighted by Gasteiger charge is -2.21. The number of methoxy groups -OCH3 is 3. The number of halogens is 1. The third-order valence-electron chi connectivity index (χ3n) is 4.56. The normalized spacial score (nSPS) is 12.5. The van der Waals surface area contributed by atoms with Gasteiger partial charge in [0.15, 0.2) is 11.5 Å². The Labute approximate surface area is 158 Å². The van der Waals surface area contributed by atoms with Gasteiger partial charge in [-0.15, -0.1) is 12.4 Å². The van der Waals surface area contributed by atoms with Crippen LogP contribution < -0.4 is 19.1 Å². The molecule has 0 N–H and O–H groups in total. The molecule has 2 aromatic carbocycles. The molecule has 0 aliphatic carbocycles. The van der Waals surface area contributed by atoms with Crippen LogP contribution in [0.3, 0.4) is 0 Å². The van der Waals surface area contributed by atoms with E-state index < -0.39 is 0 Å². The fourth-order valence-corrected chi connectivity index (χ4v) is 3.29. The lowest BCUT2D eigenvalue weighted by Crippen LogP contribution is -2.15. The largest absolute Gasteiger partial charge is 0.497 e. The Bertz CT molecular complexity index is 949. The lowest BCUT2D eigenvalue weighted by atomic mass is 10.1. The third-order valence-corrected chi connectivity index (χ3v) is 4.56. The smallest absolute Gasteiger partial charge is 0.162 e. The van der Waals surface area contributed by atoms with Crippen molar-refractivity contribution in [2.75, 3.05) is 32.8 Å². The van der Waals surface area contributed by atoms with Crippen molar-refractivity contribution < 1.29 is 14.2 Å². The highest BCUT2D eigenvalue weighted by Gasteiger charge is 2.24. The highest BCUT2D eigenvalue weighted by molar-refractivity contribution is 5.94. The number of fused-ring (bicyclic) bond motifs is 2. The zero-order chi connectivity index (χ0) is 17.4. The average molecular weight is 374 g/mol. The molecule has 0 fully saturated rings. The van der Waals surface area contributed by atoms with Gasteiger partial charge in [-0.05, 0) is 24.1 Å². The van der Waals surface area contributed by atoms with Crippen LogP contribution in [0.2, 0.25) is 0 Å². The predicted molar refractivity (Wildman–Crippen MR) is 104 cm³/mol. The zero-order valence-electron chi connectivity index (χ0n) is 14.9. The van der Waals surface area contributed by atoms with Crippen LogP contribution in [0.25, 0.3) is 10.9 Å². The van der Waals surface area contributed by atoms with Crippen LogP contribution in [0, 0.1) is 0 Å². The minimum atomic E-state index is 0. The van der Waals surface area contributed by atoms with Crippen LogP contribution in [-0.4, -0.2) is 37.8 Å². The Morgan fingerprint density at radius 3 is 2.42 bits per heavy atom. The van der Waals surface area contributed by atoms with E-state index in [0.29, 0.717) is 11.5 Å². The van der Waals surface area contributed by atoms with Gasteiger partial charge in [0.25, 0.3) is 0 Å². The standard InChI is InChI=1S/C19H19N3O3.ClH/c1-23-13-5-4-12-6-7-22(16(12)8-13)19-14-9-17(24-2)18(25-3)10-15(14)20-11-21-19;/h4-5,8-11H,6-7H2,1-3H3;1H. The molecule has 136 valence electrons. The van der Waals surface area contributed by atoms with Crippen LogP contribution in [0.15, 0.2) is 36.7 Å². The minimum Gasteiger partial charge on any atom is -0.497 e. The number of hydrogen-bond donors (Lipinski definition) is 0. The monoisotopic (exact) mass is 373 g/mol. The Balaban J connectivity index is 0.00000196. The molecule has 6 nitrogen and oxygen atoms in total. The molecule has 0 bridgehead atoms. The van der Waals surface area contributed by atoms with Crippen molar-refractivity contribution in [3.8, 4) is 17.2 Å². The summed E-state index contributed by atoms with van der Waals surface area (Å²) in [5.74, 6) is 3.01. The fourth-order valence-electron chi connectivity index (χ4n) is 3.29. The fraction of sp³-hybridized carbons (Fsp3) is 0.263. The van der Waals surface area contributed by atoms with E-state index in [4.69, 9.17) is 14.2 Å². The second-order valence-electron chi connectivity index (χ2n) is 5.82. The molecule has 2 heterocycles. The van der Waals surface area contributed by atoms with Gasteiger partial charge in [0.1, 0.15) is 17.9 Å². The molecule has 0 atom stereocenters. The number of anilines is 2. The van der Waals surface area contributed by atoms with E-state index in [0.717, 1.165) is 41.1 Å². The maximum absolute atomic E-state index is 5.45. The Hall–Kier alpha value is -2.73. The topological polar surface area (TPSA) is 56.7 Å². The molecule has 0 saturated carbocycles. The van der Waals surface area contributed by atoms with Gasteiger partial charge in [0.2, 0.25) is 0 Å². The molecule has 4 rings (SSSR count). The molecular weight excluding hydrogens is 354 g/mol. The van der Waals surface area contributed by atoms with Crippen molar-refractivity contribution >= 4 is 34.8 Å². The van der Waals surface area contributed by atoms with E-state index in [1.165, 1.54) is 5.56 Å². The van der Waals surface area contributed by atoms with Crippen molar-refractivity contribution in [3.63, 3.8) is 0 Å². The number of aromatic nitrogens is 2. The minimum absolute atomic E-state index is 0. The molecule has 0 amide bonds. The van der Waals surface area contributed by atoms with Crippen LogP contribution in [0.4, 0.5) is 11.5 Å². The Morgan fingerprint density at radius 1 is 0.923 bits per heavy atom. The average Bonchev–Trinajstić information content (AvgIpc) is 3.09. The summed E-state index contributed by atoms with van der Waals surface area (Å²) in [5, 5.41) is 0.927. The van der Waals surface area contributed by atoms with E-state index in [-0.39, 0.29) is 12.4 Å². The molecule has 0 saturated heterocycles. The van der Waals surface area contributed by atoms with Gasteiger partial charge in [-0.2, -0.15) is 0 Å². The summed E-state index contributed by atoms with van der Waals surface area (Å²) in [4.78, 5) is 11.1. The van der Waals surface area contributed by atoms with E-state index in [9.17, 15) is 0 Å². The molecule has 3 aromatic rings. The van der Waals surface area contributed by atoms with Gasteiger partial charge in [0, 0.05) is 29.8 Å². The maximum Gasteiger partial charge on any atom is 0.162 e. The summed E-state index contributed by atoms with van der Waals surface area (Å²) >= 11 is 0. The molecule has 0 radical (unpaired) electrons. The van der Waals surface area contributed by atoms with Gasteiger partial charge in [-0.3, -0.25) is 0 Å². The van der Waals surface area contributed by atoms with Crippen molar-refractivity contribution in [3.05, 3.63) is 42.2 Å². The molecule has 1 aromatic heterocycles. The predicted octanol–water partition coefficient (Wildman–Crippen LogP) is 3.77. The highest BCUT2D eigenvalue weighted by Crippen LogP contribution is 2.40. The first-order valence-corrected chi connectivity index (χ1v) is 8.06. The molecule has 0 spiro atoms. The third kappa shape index (κ3) is 2.86. The van der Waals surface area contributed by atoms with Crippen LogP contribution in [0.5, 0.6) is 17.2 Å². The van der Waals surface area contributed by atoms with E-state index in [1.807, 2.05) is 18.2 Å². The van der Waals surface area contributed by atoms with Gasteiger partial charge in [-0.1, -0.05) is 6.07 Å². The van der Waals surface area contributed by atoms with Crippen molar-refractivity contribution in [2.24, 2.45) is 0 Å². The SMILES string of the molecule is COc1ccc2c(c1)N(c1ncnc3cc(OC)c(OC)cc13)CC2.Cl.